The van der Waals surface area contributed by atoms with Gasteiger partial charge in [-0.2, -0.15) is 0 Å². The smallest absolute Gasteiger partial charge is 0.142 e. The van der Waals surface area contributed by atoms with Crippen molar-refractivity contribution in [1.29, 1.82) is 0 Å². The summed E-state index contributed by atoms with van der Waals surface area (Å²) >= 11 is 0. The number of fused-ring (bicyclic) bond motifs is 6. The molecule has 2 heterocycles. The quantitative estimate of drug-likeness (QED) is 0.197. The maximum atomic E-state index is 6.24. The molecule has 0 fully saturated rings. The summed E-state index contributed by atoms with van der Waals surface area (Å²) in [6.07, 6.45) is 0.740. The maximum absolute atomic E-state index is 6.24. The highest BCUT2D eigenvalue weighted by Gasteiger charge is 2.10. The van der Waals surface area contributed by atoms with Crippen LogP contribution in [0.4, 0.5) is 11.4 Å². The summed E-state index contributed by atoms with van der Waals surface area (Å²) in [5.74, 6) is 3.23. The van der Waals surface area contributed by atoms with Crippen molar-refractivity contribution in [3.05, 3.63) is 138 Å². The van der Waals surface area contributed by atoms with Crippen LogP contribution in [0, 0.1) is 0 Å². The Labute approximate surface area is 252 Å². The van der Waals surface area contributed by atoms with E-state index in [0.29, 0.717) is 39.5 Å². The van der Waals surface area contributed by atoms with Crippen molar-refractivity contribution < 1.29 is 18.9 Å². The predicted octanol–water partition coefficient (Wildman–Crippen LogP) is 7.63. The third kappa shape index (κ3) is 7.57. The molecule has 6 rings (SSSR count). The number of hydrogen-bond donors (Lipinski definition) is 2. The Morgan fingerprint density at radius 2 is 0.884 bits per heavy atom. The van der Waals surface area contributed by atoms with Gasteiger partial charge in [-0.05, 0) is 48.5 Å². The molecule has 1 aliphatic rings. The Bertz CT molecular complexity index is 1520. The standard InChI is InChI=1S/C36H35N3O4/c1-5-17-33-27(11-1)23-37-31-15-3-7-19-35(31)40-21-10-22-41-36-20-8-4-16-32(36)38-24-28-12-2-6-18-34(28)43-26-30-14-9-13-29(39-30)25-42-33/h1-9,11-20,37-38H,10,21-26H2. The molecule has 0 atom stereocenters. The van der Waals surface area contributed by atoms with Gasteiger partial charge in [-0.15, -0.1) is 0 Å². The van der Waals surface area contributed by atoms with Gasteiger partial charge >= 0.3 is 0 Å². The lowest BCUT2D eigenvalue weighted by molar-refractivity contribution is 0.248. The number of para-hydroxylation sites is 6. The average molecular weight is 574 g/mol. The fraction of sp³-hybridized carbons (Fsp3) is 0.194. The summed E-state index contributed by atoms with van der Waals surface area (Å²) in [5, 5.41) is 7.04. The van der Waals surface area contributed by atoms with Gasteiger partial charge < -0.3 is 29.6 Å². The molecule has 0 saturated heterocycles. The minimum absolute atomic E-state index is 0.354. The predicted molar refractivity (Wildman–Crippen MR) is 169 cm³/mol. The van der Waals surface area contributed by atoms with Crippen LogP contribution in [0.1, 0.15) is 28.9 Å². The van der Waals surface area contributed by atoms with Crippen LogP contribution in [-0.4, -0.2) is 18.2 Å². The van der Waals surface area contributed by atoms with E-state index in [2.05, 4.69) is 22.8 Å². The highest BCUT2D eigenvalue weighted by atomic mass is 16.5. The normalized spacial score (nSPS) is 14.0. The van der Waals surface area contributed by atoms with Gasteiger partial charge in [-0.1, -0.05) is 66.7 Å². The van der Waals surface area contributed by atoms with Gasteiger partial charge in [-0.3, -0.25) is 4.98 Å². The molecule has 0 unspecified atom stereocenters. The first-order valence-corrected chi connectivity index (χ1v) is 14.6. The molecule has 0 aliphatic carbocycles. The molecule has 218 valence electrons. The second kappa shape index (κ2) is 14.1. The number of pyridine rings is 1. The van der Waals surface area contributed by atoms with E-state index in [-0.39, 0.29) is 0 Å². The topological polar surface area (TPSA) is 73.9 Å². The average Bonchev–Trinajstić information content (AvgIpc) is 3.06. The first-order chi connectivity index (χ1) is 21.3. The zero-order valence-corrected chi connectivity index (χ0v) is 24.0. The summed E-state index contributed by atoms with van der Waals surface area (Å²) < 4.78 is 24.8. The lowest BCUT2D eigenvalue weighted by atomic mass is 10.2. The van der Waals surface area contributed by atoms with Gasteiger partial charge in [0.05, 0.1) is 36.0 Å². The molecule has 0 saturated carbocycles. The van der Waals surface area contributed by atoms with E-state index < -0.39 is 0 Å². The first-order valence-electron chi connectivity index (χ1n) is 14.6. The van der Waals surface area contributed by atoms with Crippen molar-refractivity contribution in [1.82, 2.24) is 4.98 Å². The molecular formula is C36H35N3O4. The number of anilines is 2. The van der Waals surface area contributed by atoms with E-state index in [1.807, 2.05) is 103 Å². The molecule has 5 aromatic rings. The lowest BCUT2D eigenvalue weighted by Crippen LogP contribution is -2.10. The van der Waals surface area contributed by atoms with Crippen molar-refractivity contribution in [2.45, 2.75) is 32.7 Å². The van der Waals surface area contributed by atoms with Crippen molar-refractivity contribution >= 4 is 11.4 Å². The first kappa shape index (κ1) is 28.0. The van der Waals surface area contributed by atoms with Crippen molar-refractivity contribution in [3.63, 3.8) is 0 Å². The summed E-state index contributed by atoms with van der Waals surface area (Å²) in [4.78, 5) is 4.80. The second-order valence-electron chi connectivity index (χ2n) is 10.2. The van der Waals surface area contributed by atoms with E-state index in [4.69, 9.17) is 23.9 Å². The molecule has 0 amide bonds. The molecule has 0 radical (unpaired) electrons. The van der Waals surface area contributed by atoms with Gasteiger partial charge in [0.2, 0.25) is 0 Å². The number of ether oxygens (including phenoxy) is 4. The van der Waals surface area contributed by atoms with Crippen LogP contribution >= 0.6 is 0 Å². The van der Waals surface area contributed by atoms with E-state index >= 15 is 0 Å². The SMILES string of the molecule is c1cc2nc(c1)COc1ccccc1CNc1ccccc1OCCCOc1ccccc1NCc1ccccc1OC2. The van der Waals surface area contributed by atoms with Crippen LogP contribution in [0.15, 0.2) is 115 Å². The van der Waals surface area contributed by atoms with E-state index in [9.17, 15) is 0 Å². The molecule has 4 aromatic carbocycles. The second-order valence-corrected chi connectivity index (χ2v) is 10.2. The van der Waals surface area contributed by atoms with E-state index in [1.165, 1.54) is 0 Å². The largest absolute Gasteiger partial charge is 0.491 e. The fourth-order valence-electron chi connectivity index (χ4n) is 4.86. The number of nitrogens with one attached hydrogen (secondary N) is 2. The molecule has 1 aromatic heterocycles. The zero-order valence-electron chi connectivity index (χ0n) is 24.0. The molecule has 7 nitrogen and oxygen atoms in total. The van der Waals surface area contributed by atoms with Crippen LogP contribution in [0.2, 0.25) is 0 Å². The minimum atomic E-state index is 0.354. The van der Waals surface area contributed by atoms with Crippen molar-refractivity contribution in [2.75, 3.05) is 23.8 Å². The molecule has 7 heteroatoms. The Morgan fingerprint density at radius 3 is 1.40 bits per heavy atom. The molecule has 2 N–H and O–H groups in total. The monoisotopic (exact) mass is 573 g/mol. The highest BCUT2D eigenvalue weighted by Crippen LogP contribution is 2.29. The summed E-state index contributed by atoms with van der Waals surface area (Å²) in [5.41, 5.74) is 5.62. The molecule has 43 heavy (non-hydrogen) atoms. The summed E-state index contributed by atoms with van der Waals surface area (Å²) in [6, 6.07) is 38.0. The third-order valence-corrected chi connectivity index (χ3v) is 7.08. The molecule has 1 aliphatic heterocycles. The van der Waals surface area contributed by atoms with Crippen LogP contribution in [0.5, 0.6) is 23.0 Å². The highest BCUT2D eigenvalue weighted by molar-refractivity contribution is 5.58. The lowest BCUT2D eigenvalue weighted by Gasteiger charge is -2.17. The summed E-state index contributed by atoms with van der Waals surface area (Å²) in [7, 11) is 0. The Hall–Kier alpha value is -5.17. The molecule has 0 spiro atoms. The van der Waals surface area contributed by atoms with Gasteiger partial charge in [0, 0.05) is 30.6 Å². The maximum Gasteiger partial charge on any atom is 0.142 e. The minimum Gasteiger partial charge on any atom is -0.491 e. The van der Waals surface area contributed by atoms with Crippen LogP contribution in [0.3, 0.4) is 0 Å². The van der Waals surface area contributed by atoms with Gasteiger partial charge in [0.1, 0.15) is 36.2 Å². The van der Waals surface area contributed by atoms with Crippen LogP contribution in [-0.2, 0) is 26.3 Å². The number of benzene rings is 4. The fourth-order valence-corrected chi connectivity index (χ4v) is 4.86. The molecule has 2 bridgehead atoms. The van der Waals surface area contributed by atoms with Gasteiger partial charge in [0.25, 0.3) is 0 Å². The van der Waals surface area contributed by atoms with E-state index in [0.717, 1.165) is 63.3 Å². The number of hydrogen-bond acceptors (Lipinski definition) is 7. The number of aromatic nitrogens is 1. The van der Waals surface area contributed by atoms with Crippen molar-refractivity contribution in [2.24, 2.45) is 0 Å². The Balaban J connectivity index is 1.24. The Kier molecular flexibility index (Phi) is 9.20. The van der Waals surface area contributed by atoms with Crippen molar-refractivity contribution in [3.8, 4) is 23.0 Å². The summed E-state index contributed by atoms with van der Waals surface area (Å²) in [6.45, 7) is 2.95. The van der Waals surface area contributed by atoms with Gasteiger partial charge in [0.15, 0.2) is 0 Å². The van der Waals surface area contributed by atoms with Crippen LogP contribution < -0.4 is 29.6 Å². The third-order valence-electron chi connectivity index (χ3n) is 7.08. The van der Waals surface area contributed by atoms with Crippen LogP contribution in [0.25, 0.3) is 0 Å². The Morgan fingerprint density at radius 1 is 0.442 bits per heavy atom. The van der Waals surface area contributed by atoms with Gasteiger partial charge in [-0.25, -0.2) is 0 Å². The van der Waals surface area contributed by atoms with E-state index in [1.54, 1.807) is 0 Å². The number of rotatable bonds is 0. The zero-order chi connectivity index (χ0) is 29.1. The molecular weight excluding hydrogens is 538 g/mol. The number of nitrogens with zero attached hydrogens (tertiary/aromatic N) is 1.